The molecule has 0 aliphatic heterocycles. The fourth-order valence-electron chi connectivity index (χ4n) is 0.973. The van der Waals surface area contributed by atoms with E-state index in [1.807, 2.05) is 24.3 Å². The van der Waals surface area contributed by atoms with E-state index in [9.17, 15) is 4.79 Å². The second kappa shape index (κ2) is 5.51. The summed E-state index contributed by atoms with van der Waals surface area (Å²) in [7, 11) is 1.33. The van der Waals surface area contributed by atoms with Crippen LogP contribution in [0, 0.1) is 12.3 Å². The summed E-state index contributed by atoms with van der Waals surface area (Å²) in [5.74, 6) is 2.12. The molecule has 1 aromatic carbocycles. The number of terminal acetylenes is 1. The molecule has 0 unspecified atom stereocenters. The number of benzene rings is 1. The van der Waals surface area contributed by atoms with Crippen molar-refractivity contribution in [3.63, 3.8) is 0 Å². The molecule has 0 bridgehead atoms. The number of hydrogen-bond acceptors (Lipinski definition) is 3. The zero-order valence-corrected chi connectivity index (χ0v) is 8.36. The molecule has 0 saturated heterocycles. The minimum absolute atomic E-state index is 0.407. The van der Waals surface area contributed by atoms with Crippen LogP contribution in [0.3, 0.4) is 0 Å². The highest BCUT2D eigenvalue weighted by atomic mass is 16.5. The molecule has 0 atom stereocenters. The lowest BCUT2D eigenvalue weighted by molar-refractivity contribution is -0.134. The zero-order valence-electron chi connectivity index (χ0n) is 8.36. The van der Waals surface area contributed by atoms with Crippen molar-refractivity contribution in [2.75, 3.05) is 12.4 Å². The van der Waals surface area contributed by atoms with E-state index >= 15 is 0 Å². The van der Waals surface area contributed by atoms with E-state index in [0.29, 0.717) is 0 Å². The van der Waals surface area contributed by atoms with Gasteiger partial charge < -0.3 is 10.1 Å². The molecule has 1 N–H and O–H groups in total. The SMILES string of the molecule is C#Cc1cccc(N/C=C/C(=O)OC)c1. The first-order valence-electron chi connectivity index (χ1n) is 4.34. The van der Waals surface area contributed by atoms with Crippen molar-refractivity contribution in [3.8, 4) is 12.3 Å². The van der Waals surface area contributed by atoms with Crippen molar-refractivity contribution >= 4 is 11.7 Å². The van der Waals surface area contributed by atoms with Crippen LogP contribution in [-0.4, -0.2) is 13.1 Å². The first-order valence-corrected chi connectivity index (χ1v) is 4.34. The second-order valence-electron chi connectivity index (χ2n) is 2.73. The first-order chi connectivity index (χ1) is 7.26. The molecule has 1 rings (SSSR count). The van der Waals surface area contributed by atoms with Crippen molar-refractivity contribution in [3.05, 3.63) is 42.1 Å². The average molecular weight is 201 g/mol. The van der Waals surface area contributed by atoms with Gasteiger partial charge in [0.2, 0.25) is 0 Å². The van der Waals surface area contributed by atoms with Gasteiger partial charge in [-0.05, 0) is 18.2 Å². The van der Waals surface area contributed by atoms with Crippen LogP contribution in [0.25, 0.3) is 0 Å². The van der Waals surface area contributed by atoms with Gasteiger partial charge in [-0.25, -0.2) is 4.79 Å². The van der Waals surface area contributed by atoms with Gasteiger partial charge in [0.05, 0.1) is 7.11 Å². The molecule has 0 aliphatic carbocycles. The Morgan fingerprint density at radius 1 is 1.60 bits per heavy atom. The summed E-state index contributed by atoms with van der Waals surface area (Å²) in [6.45, 7) is 0. The van der Waals surface area contributed by atoms with Crippen LogP contribution in [0.4, 0.5) is 5.69 Å². The summed E-state index contributed by atoms with van der Waals surface area (Å²) < 4.78 is 4.43. The third-order valence-corrected chi connectivity index (χ3v) is 1.70. The lowest BCUT2D eigenvalue weighted by atomic mass is 10.2. The molecule has 0 saturated carbocycles. The molecule has 0 spiro atoms. The molecular weight excluding hydrogens is 190 g/mol. The molecule has 15 heavy (non-hydrogen) atoms. The number of nitrogens with one attached hydrogen (secondary N) is 1. The monoisotopic (exact) mass is 201 g/mol. The van der Waals surface area contributed by atoms with Crippen LogP contribution in [0.1, 0.15) is 5.56 Å². The first kappa shape index (κ1) is 10.9. The molecule has 0 amide bonds. The van der Waals surface area contributed by atoms with Crippen molar-refractivity contribution in [2.24, 2.45) is 0 Å². The fourth-order valence-corrected chi connectivity index (χ4v) is 0.973. The normalized spacial score (nSPS) is 9.60. The Balaban J connectivity index is 2.62. The second-order valence-corrected chi connectivity index (χ2v) is 2.73. The van der Waals surface area contributed by atoms with Crippen molar-refractivity contribution < 1.29 is 9.53 Å². The summed E-state index contributed by atoms with van der Waals surface area (Å²) in [4.78, 5) is 10.7. The topological polar surface area (TPSA) is 38.3 Å². The zero-order chi connectivity index (χ0) is 11.1. The van der Waals surface area contributed by atoms with Crippen LogP contribution < -0.4 is 5.32 Å². The van der Waals surface area contributed by atoms with Gasteiger partial charge in [0.15, 0.2) is 0 Å². The minimum Gasteiger partial charge on any atom is -0.466 e. The Bertz CT molecular complexity index is 416. The number of anilines is 1. The number of rotatable bonds is 3. The molecule has 76 valence electrons. The quantitative estimate of drug-likeness (QED) is 0.460. The van der Waals surface area contributed by atoms with E-state index in [-0.39, 0.29) is 0 Å². The van der Waals surface area contributed by atoms with Crippen LogP contribution in [0.5, 0.6) is 0 Å². The largest absolute Gasteiger partial charge is 0.466 e. The summed E-state index contributed by atoms with van der Waals surface area (Å²) in [6, 6.07) is 7.32. The Hall–Kier alpha value is -2.21. The summed E-state index contributed by atoms with van der Waals surface area (Å²) in [6.07, 6.45) is 8.04. The predicted molar refractivity (Wildman–Crippen MR) is 59.2 cm³/mol. The van der Waals surface area contributed by atoms with Gasteiger partial charge in [-0.3, -0.25) is 0 Å². The van der Waals surface area contributed by atoms with Gasteiger partial charge in [0.25, 0.3) is 0 Å². The maximum atomic E-state index is 10.7. The highest BCUT2D eigenvalue weighted by Gasteiger charge is 1.92. The lowest BCUT2D eigenvalue weighted by Gasteiger charge is -2.00. The van der Waals surface area contributed by atoms with Gasteiger partial charge in [-0.2, -0.15) is 0 Å². The van der Waals surface area contributed by atoms with Gasteiger partial charge in [0, 0.05) is 23.5 Å². The third kappa shape index (κ3) is 3.57. The number of esters is 1. The van der Waals surface area contributed by atoms with Crippen molar-refractivity contribution in [1.82, 2.24) is 0 Å². The van der Waals surface area contributed by atoms with E-state index in [2.05, 4.69) is 16.0 Å². The molecule has 1 aromatic rings. The number of methoxy groups -OCH3 is 1. The molecule has 0 heterocycles. The van der Waals surface area contributed by atoms with Gasteiger partial charge in [-0.1, -0.05) is 12.0 Å². The van der Waals surface area contributed by atoms with Crippen LogP contribution in [0.2, 0.25) is 0 Å². The van der Waals surface area contributed by atoms with E-state index < -0.39 is 5.97 Å². The number of hydrogen-bond donors (Lipinski definition) is 1. The lowest BCUT2D eigenvalue weighted by Crippen LogP contribution is -1.96. The number of ether oxygens (including phenoxy) is 1. The van der Waals surface area contributed by atoms with Gasteiger partial charge >= 0.3 is 5.97 Å². The molecular formula is C12H11NO2. The third-order valence-electron chi connectivity index (χ3n) is 1.70. The molecule has 0 radical (unpaired) electrons. The Morgan fingerprint density at radius 2 is 2.40 bits per heavy atom. The number of carbonyl (C=O) groups is 1. The van der Waals surface area contributed by atoms with E-state index in [1.165, 1.54) is 19.4 Å². The molecule has 0 aliphatic rings. The van der Waals surface area contributed by atoms with Gasteiger partial charge in [-0.15, -0.1) is 6.42 Å². The smallest absolute Gasteiger partial charge is 0.331 e. The molecule has 0 aromatic heterocycles. The van der Waals surface area contributed by atoms with Crippen molar-refractivity contribution in [1.29, 1.82) is 0 Å². The minimum atomic E-state index is -0.407. The summed E-state index contributed by atoms with van der Waals surface area (Å²) >= 11 is 0. The Kier molecular flexibility index (Phi) is 3.99. The highest BCUT2D eigenvalue weighted by Crippen LogP contribution is 2.09. The van der Waals surface area contributed by atoms with E-state index in [0.717, 1.165) is 11.3 Å². The Morgan fingerprint density at radius 3 is 3.07 bits per heavy atom. The van der Waals surface area contributed by atoms with Crippen LogP contribution in [0.15, 0.2) is 36.5 Å². The summed E-state index contributed by atoms with van der Waals surface area (Å²) in [5.41, 5.74) is 1.61. The van der Waals surface area contributed by atoms with Crippen LogP contribution >= 0.6 is 0 Å². The fraction of sp³-hybridized carbons (Fsp3) is 0.0833. The molecule has 3 nitrogen and oxygen atoms in total. The molecule has 3 heteroatoms. The molecule has 0 fully saturated rings. The van der Waals surface area contributed by atoms with E-state index in [4.69, 9.17) is 6.42 Å². The maximum Gasteiger partial charge on any atom is 0.331 e. The van der Waals surface area contributed by atoms with E-state index in [1.54, 1.807) is 0 Å². The number of carbonyl (C=O) groups excluding carboxylic acids is 1. The van der Waals surface area contributed by atoms with Crippen LogP contribution in [-0.2, 0) is 9.53 Å². The Labute approximate surface area is 88.8 Å². The maximum absolute atomic E-state index is 10.7. The predicted octanol–water partition coefficient (Wildman–Crippen LogP) is 1.77. The summed E-state index contributed by atoms with van der Waals surface area (Å²) in [5, 5.41) is 2.91. The highest BCUT2D eigenvalue weighted by molar-refractivity contribution is 5.82. The van der Waals surface area contributed by atoms with Crippen molar-refractivity contribution in [2.45, 2.75) is 0 Å². The van der Waals surface area contributed by atoms with Gasteiger partial charge in [0.1, 0.15) is 0 Å². The average Bonchev–Trinajstić information content (AvgIpc) is 2.29. The standard InChI is InChI=1S/C12H11NO2/c1-3-10-5-4-6-11(9-10)13-8-7-12(14)15-2/h1,4-9,13H,2H3/b8-7+.